The molecule has 0 aliphatic heterocycles. The maximum Gasteiger partial charge on any atom is 0.343 e. The Hall–Kier alpha value is -3.25. The van der Waals surface area contributed by atoms with E-state index in [4.69, 9.17) is 9.99 Å². The molecule has 3 N–H and O–H groups in total. The van der Waals surface area contributed by atoms with Crippen molar-refractivity contribution in [3.63, 3.8) is 0 Å². The highest BCUT2D eigenvalue weighted by molar-refractivity contribution is 5.92. The van der Waals surface area contributed by atoms with E-state index in [1.54, 1.807) is 0 Å². The normalized spacial score (nSPS) is 12.5. The van der Waals surface area contributed by atoms with Crippen LogP contribution in [0.25, 0.3) is 11.1 Å². The number of benzene rings is 2. The molecule has 0 saturated carbocycles. The minimum atomic E-state index is -0.692. The number of hydrogen-bond acceptors (Lipinski definition) is 5. The number of carbonyl (C=O) groups excluding carboxylic acids is 1. The molecule has 0 fully saturated rings. The van der Waals surface area contributed by atoms with Crippen LogP contribution in [-0.2, 0) is 4.74 Å². The standard InChI is InChI=1S/C19H15NO5/c21-17-9-15(18(20-17)25-23)19(22)24-10-16-13-7-3-1-5-11(13)12-6-2-4-8-14(12)16/h1-9,16,20-21,23H,10H2. The van der Waals surface area contributed by atoms with Crippen molar-refractivity contribution in [1.29, 1.82) is 0 Å². The highest BCUT2D eigenvalue weighted by Crippen LogP contribution is 2.44. The molecule has 6 nitrogen and oxygen atoms in total. The molecular formula is C19H15NO5. The van der Waals surface area contributed by atoms with Gasteiger partial charge in [-0.1, -0.05) is 48.5 Å². The van der Waals surface area contributed by atoms with Gasteiger partial charge in [0.05, 0.1) is 0 Å². The first kappa shape index (κ1) is 15.3. The number of esters is 1. The van der Waals surface area contributed by atoms with Crippen molar-refractivity contribution in [2.45, 2.75) is 5.92 Å². The molecule has 0 amide bonds. The number of aromatic amines is 1. The molecular weight excluding hydrogens is 322 g/mol. The SMILES string of the molecule is O=C(OCC1c2ccccc2-c2ccccc21)c1cc(O)[nH]c1OO. The highest BCUT2D eigenvalue weighted by atomic mass is 17.1. The van der Waals surface area contributed by atoms with E-state index >= 15 is 0 Å². The first-order valence-electron chi connectivity index (χ1n) is 7.77. The van der Waals surface area contributed by atoms with E-state index < -0.39 is 5.97 Å². The van der Waals surface area contributed by atoms with Crippen LogP contribution in [0, 0.1) is 0 Å². The zero-order valence-electron chi connectivity index (χ0n) is 13.1. The van der Waals surface area contributed by atoms with Gasteiger partial charge in [0.25, 0.3) is 5.88 Å². The summed E-state index contributed by atoms with van der Waals surface area (Å²) in [6.07, 6.45) is 0. The van der Waals surface area contributed by atoms with Gasteiger partial charge in [-0.3, -0.25) is 4.98 Å². The Labute approximate surface area is 143 Å². The molecule has 0 atom stereocenters. The van der Waals surface area contributed by atoms with Crippen LogP contribution in [0.3, 0.4) is 0 Å². The summed E-state index contributed by atoms with van der Waals surface area (Å²) in [6.45, 7) is 0.143. The zero-order chi connectivity index (χ0) is 17.4. The van der Waals surface area contributed by atoms with Crippen molar-refractivity contribution in [1.82, 2.24) is 4.98 Å². The molecule has 4 rings (SSSR count). The summed E-state index contributed by atoms with van der Waals surface area (Å²) in [4.78, 5) is 18.6. The Kier molecular flexibility index (Phi) is 3.66. The Morgan fingerprint density at radius 1 is 1.04 bits per heavy atom. The topological polar surface area (TPSA) is 91.8 Å². The van der Waals surface area contributed by atoms with Gasteiger partial charge in [0, 0.05) is 12.0 Å². The molecule has 1 aromatic heterocycles. The van der Waals surface area contributed by atoms with Gasteiger partial charge < -0.3 is 14.7 Å². The lowest BCUT2D eigenvalue weighted by Gasteiger charge is -2.14. The van der Waals surface area contributed by atoms with Crippen molar-refractivity contribution in [3.05, 3.63) is 71.3 Å². The second kappa shape index (κ2) is 5.99. The van der Waals surface area contributed by atoms with E-state index in [1.807, 2.05) is 36.4 Å². The second-order valence-electron chi connectivity index (χ2n) is 5.81. The molecule has 1 aliphatic carbocycles. The lowest BCUT2D eigenvalue weighted by Crippen LogP contribution is -2.13. The number of H-pyrrole nitrogens is 1. The van der Waals surface area contributed by atoms with E-state index in [0.29, 0.717) is 0 Å². The highest BCUT2D eigenvalue weighted by Gasteiger charge is 2.29. The maximum atomic E-state index is 12.3. The molecule has 0 bridgehead atoms. The van der Waals surface area contributed by atoms with Crippen LogP contribution in [0.5, 0.6) is 11.8 Å². The quantitative estimate of drug-likeness (QED) is 0.385. The molecule has 0 unspecified atom stereocenters. The van der Waals surface area contributed by atoms with Crippen LogP contribution in [0.4, 0.5) is 0 Å². The average Bonchev–Trinajstić information content (AvgIpc) is 3.18. The van der Waals surface area contributed by atoms with Crippen molar-refractivity contribution < 1.29 is 24.8 Å². The Morgan fingerprint density at radius 3 is 2.24 bits per heavy atom. The Bertz CT molecular complexity index is 901. The number of fused-ring (bicyclic) bond motifs is 3. The smallest absolute Gasteiger partial charge is 0.343 e. The molecule has 0 saturated heterocycles. The molecule has 1 heterocycles. The predicted molar refractivity (Wildman–Crippen MR) is 89.7 cm³/mol. The summed E-state index contributed by atoms with van der Waals surface area (Å²) in [5.41, 5.74) is 4.41. The van der Waals surface area contributed by atoms with Gasteiger partial charge in [0.1, 0.15) is 12.2 Å². The fourth-order valence-electron chi connectivity index (χ4n) is 3.32. The van der Waals surface area contributed by atoms with Crippen LogP contribution < -0.4 is 4.89 Å². The van der Waals surface area contributed by atoms with E-state index in [2.05, 4.69) is 22.0 Å². The first-order valence-corrected chi connectivity index (χ1v) is 7.77. The van der Waals surface area contributed by atoms with Crippen LogP contribution in [-0.4, -0.2) is 27.9 Å². The van der Waals surface area contributed by atoms with E-state index in [1.165, 1.54) is 0 Å². The van der Waals surface area contributed by atoms with Crippen LogP contribution in [0.1, 0.15) is 27.4 Å². The van der Waals surface area contributed by atoms with E-state index in [9.17, 15) is 9.90 Å². The molecule has 1 aliphatic rings. The summed E-state index contributed by atoms with van der Waals surface area (Å²) in [7, 11) is 0. The van der Waals surface area contributed by atoms with E-state index in [-0.39, 0.29) is 29.8 Å². The molecule has 2 aromatic carbocycles. The fraction of sp³-hybridized carbons (Fsp3) is 0.105. The number of aromatic nitrogens is 1. The van der Waals surface area contributed by atoms with Gasteiger partial charge >= 0.3 is 5.97 Å². The molecule has 126 valence electrons. The largest absolute Gasteiger partial charge is 0.494 e. The summed E-state index contributed by atoms with van der Waals surface area (Å²) < 4.78 is 5.42. The van der Waals surface area contributed by atoms with Gasteiger partial charge in [-0.2, -0.15) is 0 Å². The summed E-state index contributed by atoms with van der Waals surface area (Å²) >= 11 is 0. The monoisotopic (exact) mass is 337 g/mol. The van der Waals surface area contributed by atoms with E-state index in [0.717, 1.165) is 28.3 Å². The maximum absolute atomic E-state index is 12.3. The summed E-state index contributed by atoms with van der Waals surface area (Å²) in [5.74, 6) is -1.31. The number of carbonyl (C=O) groups is 1. The lowest BCUT2D eigenvalue weighted by molar-refractivity contribution is -0.141. The van der Waals surface area contributed by atoms with Crippen LogP contribution in [0.15, 0.2) is 54.6 Å². The molecule has 0 radical (unpaired) electrons. The third-order valence-electron chi connectivity index (χ3n) is 4.42. The number of hydrogen-bond donors (Lipinski definition) is 3. The Morgan fingerprint density at radius 2 is 1.64 bits per heavy atom. The minimum Gasteiger partial charge on any atom is -0.494 e. The fourth-order valence-corrected chi connectivity index (χ4v) is 3.32. The van der Waals surface area contributed by atoms with Crippen LogP contribution >= 0.6 is 0 Å². The summed E-state index contributed by atoms with van der Waals surface area (Å²) in [6, 6.07) is 17.2. The Balaban J connectivity index is 1.60. The number of nitrogens with one attached hydrogen (secondary N) is 1. The minimum absolute atomic E-state index is 0.0672. The van der Waals surface area contributed by atoms with Crippen molar-refractivity contribution in [3.8, 4) is 22.9 Å². The van der Waals surface area contributed by atoms with Gasteiger partial charge in [0.15, 0.2) is 5.88 Å². The lowest BCUT2D eigenvalue weighted by atomic mass is 9.98. The zero-order valence-corrected chi connectivity index (χ0v) is 13.1. The van der Waals surface area contributed by atoms with Crippen molar-refractivity contribution >= 4 is 5.97 Å². The number of ether oxygens (including phenoxy) is 1. The third-order valence-corrected chi connectivity index (χ3v) is 4.42. The van der Waals surface area contributed by atoms with Crippen molar-refractivity contribution in [2.24, 2.45) is 0 Å². The summed E-state index contributed by atoms with van der Waals surface area (Å²) in [5, 5.41) is 18.2. The molecule has 0 spiro atoms. The van der Waals surface area contributed by atoms with Crippen LogP contribution in [0.2, 0.25) is 0 Å². The van der Waals surface area contributed by atoms with Gasteiger partial charge in [-0.25, -0.2) is 10.1 Å². The molecule has 3 aromatic rings. The van der Waals surface area contributed by atoms with Gasteiger partial charge in [-0.05, 0) is 22.3 Å². The number of aromatic hydroxyl groups is 1. The second-order valence-corrected chi connectivity index (χ2v) is 5.81. The molecule has 6 heteroatoms. The van der Waals surface area contributed by atoms with Crippen molar-refractivity contribution in [2.75, 3.05) is 6.61 Å². The third kappa shape index (κ3) is 2.53. The first-order chi connectivity index (χ1) is 12.2. The van der Waals surface area contributed by atoms with Gasteiger partial charge in [-0.15, -0.1) is 0 Å². The molecule has 25 heavy (non-hydrogen) atoms. The average molecular weight is 337 g/mol. The predicted octanol–water partition coefficient (Wildman–Crippen LogP) is 3.54. The van der Waals surface area contributed by atoms with Gasteiger partial charge in [0.2, 0.25) is 0 Å². The number of rotatable bonds is 4.